The van der Waals surface area contributed by atoms with E-state index in [2.05, 4.69) is 28.7 Å². The lowest BCUT2D eigenvalue weighted by Gasteiger charge is -1.84. The average Bonchev–Trinajstić information content (AvgIpc) is 1.33. The zero-order valence-electron chi connectivity index (χ0n) is 4.17. The Morgan fingerprint density at radius 2 is 1.00 bits per heavy atom. The van der Waals surface area contributed by atoms with Gasteiger partial charge in [0.2, 0.25) is 0 Å². The van der Waals surface area contributed by atoms with E-state index >= 15 is 0 Å². The standard InChI is InChI=1S/CH7N3.CH6N2/c2-1(3)4;2-1-3/h1H,2-4H2;1-3H2. The van der Waals surface area contributed by atoms with Crippen molar-refractivity contribution in [2.24, 2.45) is 28.7 Å². The first kappa shape index (κ1) is 9.93. The summed E-state index contributed by atoms with van der Waals surface area (Å²) in [7, 11) is 0. The third-order valence-corrected chi connectivity index (χ3v) is 0. The van der Waals surface area contributed by atoms with Gasteiger partial charge in [0.05, 0.1) is 0 Å². The normalized spacial score (nSPS) is 7.71. The molecule has 0 spiro atoms. The van der Waals surface area contributed by atoms with Gasteiger partial charge in [-0.15, -0.1) is 0 Å². The summed E-state index contributed by atoms with van der Waals surface area (Å²) in [5.74, 6) is 0. The van der Waals surface area contributed by atoms with E-state index in [1.54, 1.807) is 0 Å². The van der Waals surface area contributed by atoms with E-state index in [-0.39, 0.29) is 6.67 Å². The Labute approximate surface area is 42.8 Å². The highest BCUT2D eigenvalue weighted by molar-refractivity contribution is 4.25. The number of rotatable bonds is 0. The molecule has 10 N–H and O–H groups in total. The van der Waals surface area contributed by atoms with Crippen LogP contribution in [-0.4, -0.2) is 13.0 Å². The summed E-state index contributed by atoms with van der Waals surface area (Å²) in [6.45, 7) is 0.250. The van der Waals surface area contributed by atoms with Crippen LogP contribution in [0, 0.1) is 0 Å². The zero-order valence-corrected chi connectivity index (χ0v) is 4.17. The van der Waals surface area contributed by atoms with Gasteiger partial charge in [-0.2, -0.15) is 0 Å². The van der Waals surface area contributed by atoms with Gasteiger partial charge in [-0.25, -0.2) is 0 Å². The Balaban J connectivity index is 0. The smallest absolute Gasteiger partial charge is 0.104 e. The van der Waals surface area contributed by atoms with Crippen LogP contribution in [0.3, 0.4) is 0 Å². The molecule has 0 rings (SSSR count). The average molecular weight is 107 g/mol. The minimum absolute atomic E-state index is 0.250. The maximum Gasteiger partial charge on any atom is 0.104 e. The minimum atomic E-state index is -0.667. The van der Waals surface area contributed by atoms with Crippen LogP contribution < -0.4 is 28.7 Å². The number of nitrogens with two attached hydrogens (primary N) is 5. The van der Waals surface area contributed by atoms with Crippen molar-refractivity contribution in [2.45, 2.75) is 6.29 Å². The van der Waals surface area contributed by atoms with Crippen molar-refractivity contribution in [3.05, 3.63) is 0 Å². The molecule has 0 saturated heterocycles. The van der Waals surface area contributed by atoms with E-state index in [4.69, 9.17) is 0 Å². The van der Waals surface area contributed by atoms with Crippen molar-refractivity contribution in [2.75, 3.05) is 6.67 Å². The molecule has 0 atom stereocenters. The van der Waals surface area contributed by atoms with Crippen molar-refractivity contribution in [3.63, 3.8) is 0 Å². The van der Waals surface area contributed by atoms with Gasteiger partial charge in [0.15, 0.2) is 0 Å². The van der Waals surface area contributed by atoms with Crippen LogP contribution in [-0.2, 0) is 0 Å². The second-order valence-corrected chi connectivity index (χ2v) is 0.813. The van der Waals surface area contributed by atoms with Gasteiger partial charge in [-0.3, -0.25) is 0 Å². The van der Waals surface area contributed by atoms with Gasteiger partial charge >= 0.3 is 0 Å². The van der Waals surface area contributed by atoms with Crippen molar-refractivity contribution in [3.8, 4) is 0 Å². The Hall–Kier alpha value is -0.200. The SMILES string of the molecule is NC(N)N.NCN. The quantitative estimate of drug-likeness (QED) is 0.211. The summed E-state index contributed by atoms with van der Waals surface area (Å²) < 4.78 is 0. The molecule has 0 amide bonds. The maximum atomic E-state index is 4.67. The second-order valence-electron chi connectivity index (χ2n) is 0.813. The van der Waals surface area contributed by atoms with Gasteiger partial charge in [-0.05, 0) is 0 Å². The molecule has 0 fully saturated rings. The molecule has 5 heteroatoms. The largest absolute Gasteiger partial charge is 0.319 e. The maximum absolute atomic E-state index is 4.67. The lowest BCUT2D eigenvalue weighted by Crippen LogP contribution is -2.39. The summed E-state index contributed by atoms with van der Waals surface area (Å²) in [6, 6.07) is 0. The lowest BCUT2D eigenvalue weighted by molar-refractivity contribution is 0.750. The molecule has 0 unspecified atom stereocenters. The first-order valence-corrected chi connectivity index (χ1v) is 1.82. The molecule has 0 bridgehead atoms. The van der Waals surface area contributed by atoms with E-state index in [0.717, 1.165) is 0 Å². The van der Waals surface area contributed by atoms with E-state index in [0.29, 0.717) is 0 Å². The van der Waals surface area contributed by atoms with Crippen LogP contribution in [0.4, 0.5) is 0 Å². The summed E-state index contributed by atoms with van der Waals surface area (Å²) in [6.07, 6.45) is -0.667. The van der Waals surface area contributed by atoms with Crippen LogP contribution in [0.1, 0.15) is 0 Å². The third-order valence-electron chi connectivity index (χ3n) is 0. The summed E-state index contributed by atoms with van der Waals surface area (Å²) >= 11 is 0. The molecule has 0 aliphatic rings. The van der Waals surface area contributed by atoms with Crippen LogP contribution in [0.25, 0.3) is 0 Å². The monoisotopic (exact) mass is 107 g/mol. The minimum Gasteiger partial charge on any atom is -0.319 e. The molecule has 0 aromatic rings. The van der Waals surface area contributed by atoms with Gasteiger partial charge in [-0.1, -0.05) is 0 Å². The van der Waals surface area contributed by atoms with Crippen LogP contribution >= 0.6 is 0 Å². The van der Waals surface area contributed by atoms with Gasteiger partial charge in [0, 0.05) is 6.67 Å². The molecule has 0 aliphatic heterocycles. The van der Waals surface area contributed by atoms with Crippen molar-refractivity contribution in [1.82, 2.24) is 0 Å². The molecule has 7 heavy (non-hydrogen) atoms. The van der Waals surface area contributed by atoms with Crippen LogP contribution in [0.5, 0.6) is 0 Å². The van der Waals surface area contributed by atoms with Crippen molar-refractivity contribution < 1.29 is 0 Å². The predicted octanol–water partition coefficient (Wildman–Crippen LogP) is -2.99. The Bertz CT molecular complexity index is 17.3. The molecule has 0 aliphatic carbocycles. The fourth-order valence-electron chi connectivity index (χ4n) is 0. The van der Waals surface area contributed by atoms with E-state index in [1.165, 1.54) is 0 Å². The van der Waals surface area contributed by atoms with Crippen molar-refractivity contribution in [1.29, 1.82) is 0 Å². The fraction of sp³-hybridized carbons (Fsp3) is 1.00. The molecular weight excluding hydrogens is 94.1 g/mol. The highest BCUT2D eigenvalue weighted by Gasteiger charge is 1.64. The Morgan fingerprint density at radius 1 is 1.00 bits per heavy atom. The summed E-state index contributed by atoms with van der Waals surface area (Å²) in [5, 5.41) is 0. The number of hydrogen-bond donors (Lipinski definition) is 5. The van der Waals surface area contributed by atoms with Gasteiger partial charge in [0.1, 0.15) is 6.29 Å². The van der Waals surface area contributed by atoms with Gasteiger partial charge < -0.3 is 28.7 Å². The third kappa shape index (κ3) is 2090. The zero-order chi connectivity index (χ0) is 6.28. The molecule has 0 aromatic heterocycles. The van der Waals surface area contributed by atoms with Crippen molar-refractivity contribution >= 4 is 0 Å². The molecule has 0 aromatic carbocycles. The molecule has 46 valence electrons. The molecule has 5 nitrogen and oxygen atoms in total. The summed E-state index contributed by atoms with van der Waals surface area (Å²) in [5.41, 5.74) is 23.2. The molecular formula is C2H13N5. The van der Waals surface area contributed by atoms with Crippen LogP contribution in [0.2, 0.25) is 0 Å². The predicted molar refractivity (Wildman–Crippen MR) is 29.6 cm³/mol. The number of hydrogen-bond acceptors (Lipinski definition) is 5. The second kappa shape index (κ2) is 9.25. The lowest BCUT2D eigenvalue weighted by atomic mass is 11.0. The topological polar surface area (TPSA) is 130 Å². The van der Waals surface area contributed by atoms with Gasteiger partial charge in [0.25, 0.3) is 0 Å². The van der Waals surface area contributed by atoms with Crippen LogP contribution in [0.15, 0.2) is 0 Å². The highest BCUT2D eigenvalue weighted by atomic mass is 15.0. The van der Waals surface area contributed by atoms with E-state index in [1.807, 2.05) is 0 Å². The highest BCUT2D eigenvalue weighted by Crippen LogP contribution is 1.17. The van der Waals surface area contributed by atoms with E-state index in [9.17, 15) is 0 Å². The summed E-state index contributed by atoms with van der Waals surface area (Å²) in [4.78, 5) is 0. The fourth-order valence-corrected chi connectivity index (χ4v) is 0. The first-order chi connectivity index (χ1) is 3.15. The first-order valence-electron chi connectivity index (χ1n) is 1.82. The molecule has 0 radical (unpaired) electrons. The molecule has 0 saturated carbocycles. The van der Waals surface area contributed by atoms with E-state index < -0.39 is 6.29 Å². The Morgan fingerprint density at radius 3 is 1.00 bits per heavy atom. The Kier molecular flexibility index (Phi) is 13.1. The molecule has 0 heterocycles.